The number of hydrogen-bond acceptors (Lipinski definition) is 5. The number of likely N-dealkylation sites (tertiary alicyclic amines) is 1. The molecule has 0 bridgehead atoms. The number of carboxylic acid groups (broad SMARTS) is 2. The minimum Gasteiger partial charge on any atom is -0.494 e. The SMILES string of the molecule is O=C(O)C(=O)O.[N-]=[N+]=NCc1ccc(OCCCN2CCCCC2)cc1. The molecule has 0 saturated carbocycles. The molecule has 9 nitrogen and oxygen atoms in total. The standard InChI is InChI=1S/C15H22N4O.C2H2O4/c16-18-17-13-14-5-7-15(8-6-14)20-12-4-11-19-9-2-1-3-10-19;3-1(4)2(5)6/h5-8H,1-4,9-13H2;(H,3,4)(H,5,6). The molecule has 1 saturated heterocycles. The quantitative estimate of drug-likeness (QED) is 0.251. The van der Waals surface area contributed by atoms with Crippen molar-refractivity contribution in [1.82, 2.24) is 4.90 Å². The number of benzene rings is 1. The van der Waals surface area contributed by atoms with Crippen LogP contribution in [0.3, 0.4) is 0 Å². The second-order valence-electron chi connectivity index (χ2n) is 5.75. The van der Waals surface area contributed by atoms with Crippen molar-refractivity contribution in [3.8, 4) is 5.75 Å². The van der Waals surface area contributed by atoms with Crippen LogP contribution >= 0.6 is 0 Å². The van der Waals surface area contributed by atoms with Gasteiger partial charge in [-0.1, -0.05) is 23.7 Å². The third-order valence-electron chi connectivity index (χ3n) is 3.76. The first-order valence-electron chi connectivity index (χ1n) is 8.44. The Balaban J connectivity index is 0.000000487. The molecule has 26 heavy (non-hydrogen) atoms. The van der Waals surface area contributed by atoms with Crippen LogP contribution in [-0.2, 0) is 16.1 Å². The molecule has 0 spiro atoms. The summed E-state index contributed by atoms with van der Waals surface area (Å²) >= 11 is 0. The highest BCUT2D eigenvalue weighted by Gasteiger charge is 2.09. The van der Waals surface area contributed by atoms with E-state index in [4.69, 9.17) is 30.1 Å². The van der Waals surface area contributed by atoms with Crippen molar-refractivity contribution in [3.05, 3.63) is 40.3 Å². The van der Waals surface area contributed by atoms with Gasteiger partial charge in [-0.2, -0.15) is 0 Å². The van der Waals surface area contributed by atoms with Crippen LogP contribution in [0.1, 0.15) is 31.2 Å². The lowest BCUT2D eigenvalue weighted by Crippen LogP contribution is -2.31. The molecule has 0 aromatic heterocycles. The van der Waals surface area contributed by atoms with Crippen LogP contribution in [-0.4, -0.2) is 53.3 Å². The number of carbonyl (C=O) groups is 2. The molecule has 1 aromatic carbocycles. The van der Waals surface area contributed by atoms with Crippen LogP contribution in [0, 0.1) is 0 Å². The van der Waals surface area contributed by atoms with E-state index < -0.39 is 11.9 Å². The zero-order valence-corrected chi connectivity index (χ0v) is 14.6. The van der Waals surface area contributed by atoms with Gasteiger partial charge in [-0.3, -0.25) is 0 Å². The van der Waals surface area contributed by atoms with Crippen molar-refractivity contribution in [1.29, 1.82) is 0 Å². The van der Waals surface area contributed by atoms with E-state index in [1.165, 1.54) is 32.4 Å². The smallest absolute Gasteiger partial charge is 0.414 e. The molecule has 0 atom stereocenters. The average molecular weight is 364 g/mol. The minimum atomic E-state index is -1.82. The van der Waals surface area contributed by atoms with Crippen LogP contribution in [0.25, 0.3) is 10.4 Å². The van der Waals surface area contributed by atoms with Gasteiger partial charge in [0.25, 0.3) is 0 Å². The van der Waals surface area contributed by atoms with Gasteiger partial charge in [0, 0.05) is 11.5 Å². The fraction of sp³-hybridized carbons (Fsp3) is 0.529. The molecule has 1 aromatic rings. The first kappa shape index (κ1) is 21.3. The van der Waals surface area contributed by atoms with E-state index in [0.29, 0.717) is 6.54 Å². The van der Waals surface area contributed by atoms with E-state index >= 15 is 0 Å². The van der Waals surface area contributed by atoms with Crippen LogP contribution in [0.4, 0.5) is 0 Å². The maximum atomic E-state index is 9.10. The first-order chi connectivity index (χ1) is 12.5. The van der Waals surface area contributed by atoms with Gasteiger partial charge in [-0.15, -0.1) is 0 Å². The second-order valence-corrected chi connectivity index (χ2v) is 5.75. The number of hydrogen-bond donors (Lipinski definition) is 2. The highest BCUT2D eigenvalue weighted by Crippen LogP contribution is 2.14. The van der Waals surface area contributed by atoms with E-state index in [9.17, 15) is 0 Å². The van der Waals surface area contributed by atoms with Gasteiger partial charge < -0.3 is 19.8 Å². The molecule has 142 valence electrons. The Hall–Kier alpha value is -2.77. The lowest BCUT2D eigenvalue weighted by molar-refractivity contribution is -0.159. The first-order valence-corrected chi connectivity index (χ1v) is 8.44. The third kappa shape index (κ3) is 9.51. The van der Waals surface area contributed by atoms with E-state index in [2.05, 4.69) is 14.9 Å². The lowest BCUT2D eigenvalue weighted by atomic mass is 10.1. The third-order valence-corrected chi connectivity index (χ3v) is 3.76. The molecular formula is C17H24N4O5. The molecule has 0 unspecified atom stereocenters. The van der Waals surface area contributed by atoms with Crippen LogP contribution in [0.2, 0.25) is 0 Å². The van der Waals surface area contributed by atoms with Crippen molar-refractivity contribution in [2.45, 2.75) is 32.2 Å². The van der Waals surface area contributed by atoms with Gasteiger partial charge in [-0.05, 0) is 55.6 Å². The Morgan fingerprint density at radius 2 is 1.73 bits per heavy atom. The summed E-state index contributed by atoms with van der Waals surface area (Å²) in [6.07, 6.45) is 5.14. The Morgan fingerprint density at radius 1 is 1.12 bits per heavy atom. The summed E-state index contributed by atoms with van der Waals surface area (Å²) in [6.45, 7) is 4.77. The minimum absolute atomic E-state index is 0.395. The highest BCUT2D eigenvalue weighted by atomic mass is 16.5. The van der Waals surface area contributed by atoms with Crippen molar-refractivity contribution in [2.24, 2.45) is 5.11 Å². The molecule has 1 heterocycles. The fourth-order valence-electron chi connectivity index (χ4n) is 2.47. The monoisotopic (exact) mass is 364 g/mol. The summed E-state index contributed by atoms with van der Waals surface area (Å²) in [5, 5.41) is 18.3. The molecular weight excluding hydrogens is 340 g/mol. The zero-order chi connectivity index (χ0) is 19.2. The lowest BCUT2D eigenvalue weighted by Gasteiger charge is -2.26. The van der Waals surface area contributed by atoms with Gasteiger partial charge in [0.15, 0.2) is 0 Å². The number of ether oxygens (including phenoxy) is 1. The van der Waals surface area contributed by atoms with E-state index in [0.717, 1.165) is 30.9 Å². The summed E-state index contributed by atoms with van der Waals surface area (Å²) in [4.78, 5) is 23.5. The summed E-state index contributed by atoms with van der Waals surface area (Å²) in [5.41, 5.74) is 9.27. The van der Waals surface area contributed by atoms with Gasteiger partial charge in [0.2, 0.25) is 0 Å². The fourth-order valence-corrected chi connectivity index (χ4v) is 2.47. The number of piperidine rings is 1. The number of rotatable bonds is 7. The molecule has 9 heteroatoms. The van der Waals surface area contributed by atoms with Crippen molar-refractivity contribution in [2.75, 3.05) is 26.2 Å². The number of azide groups is 1. The molecule has 1 aliphatic rings. The predicted octanol–water partition coefficient (Wildman–Crippen LogP) is 2.91. The second kappa shape index (κ2) is 12.6. The molecule has 2 rings (SSSR count). The van der Waals surface area contributed by atoms with Crippen molar-refractivity contribution in [3.63, 3.8) is 0 Å². The van der Waals surface area contributed by atoms with Gasteiger partial charge in [-0.25, -0.2) is 9.59 Å². The van der Waals surface area contributed by atoms with E-state index in [1.807, 2.05) is 24.3 Å². The van der Waals surface area contributed by atoms with Crippen molar-refractivity contribution >= 4 is 11.9 Å². The Labute approximate surface area is 151 Å². The average Bonchev–Trinajstić information content (AvgIpc) is 2.66. The molecule has 0 radical (unpaired) electrons. The topological polar surface area (TPSA) is 136 Å². The van der Waals surface area contributed by atoms with Crippen LogP contribution in [0.15, 0.2) is 29.4 Å². The normalized spacial score (nSPS) is 13.7. The maximum Gasteiger partial charge on any atom is 0.414 e. The van der Waals surface area contributed by atoms with Gasteiger partial charge in [0.05, 0.1) is 13.2 Å². The van der Waals surface area contributed by atoms with Crippen LogP contribution in [0.5, 0.6) is 5.75 Å². The molecule has 0 amide bonds. The molecule has 2 N–H and O–H groups in total. The van der Waals surface area contributed by atoms with E-state index in [1.54, 1.807) is 0 Å². The van der Waals surface area contributed by atoms with Crippen LogP contribution < -0.4 is 4.74 Å². The van der Waals surface area contributed by atoms with Gasteiger partial charge in [0.1, 0.15) is 5.75 Å². The molecule has 1 aliphatic heterocycles. The van der Waals surface area contributed by atoms with E-state index in [-0.39, 0.29) is 0 Å². The summed E-state index contributed by atoms with van der Waals surface area (Å²) in [6, 6.07) is 7.75. The molecule has 0 aliphatic carbocycles. The summed E-state index contributed by atoms with van der Waals surface area (Å²) < 4.78 is 5.73. The van der Waals surface area contributed by atoms with Gasteiger partial charge >= 0.3 is 11.9 Å². The Kier molecular flexibility index (Phi) is 10.3. The number of carboxylic acids is 2. The zero-order valence-electron chi connectivity index (χ0n) is 14.6. The van der Waals surface area contributed by atoms with Crippen molar-refractivity contribution < 1.29 is 24.5 Å². The largest absolute Gasteiger partial charge is 0.494 e. The predicted molar refractivity (Wildman–Crippen MR) is 95.0 cm³/mol. The summed E-state index contributed by atoms with van der Waals surface area (Å²) in [5.74, 6) is -2.77. The number of aliphatic carboxylic acids is 2. The Morgan fingerprint density at radius 3 is 2.27 bits per heavy atom. The highest BCUT2D eigenvalue weighted by molar-refractivity contribution is 6.27. The summed E-state index contributed by atoms with van der Waals surface area (Å²) in [7, 11) is 0. The number of nitrogens with zero attached hydrogens (tertiary/aromatic N) is 4. The molecule has 1 fully saturated rings. The maximum absolute atomic E-state index is 9.10. The Bertz CT molecular complexity index is 596.